The lowest BCUT2D eigenvalue weighted by Crippen LogP contribution is -2.35. The highest BCUT2D eigenvalue weighted by Gasteiger charge is 2.19. The first kappa shape index (κ1) is 24.1. The number of ether oxygens (including phenoxy) is 2. The molecule has 1 aliphatic heterocycles. The van der Waals surface area contributed by atoms with Crippen LogP contribution < -0.4 is 14.8 Å². The minimum atomic E-state index is -0.572. The normalized spacial score (nSPS) is 15.9. The Morgan fingerprint density at radius 3 is 2.71 bits per heavy atom. The van der Waals surface area contributed by atoms with Crippen LogP contribution in [-0.4, -0.2) is 42.9 Å². The van der Waals surface area contributed by atoms with E-state index in [9.17, 15) is 5.11 Å². The number of anilines is 1. The van der Waals surface area contributed by atoms with Crippen LogP contribution >= 0.6 is 0 Å². The Morgan fingerprint density at radius 1 is 1.03 bits per heavy atom. The second kappa shape index (κ2) is 11.9. The van der Waals surface area contributed by atoms with Crippen molar-refractivity contribution in [1.29, 1.82) is 0 Å². The summed E-state index contributed by atoms with van der Waals surface area (Å²) in [5, 5.41) is 14.4. The maximum Gasteiger partial charge on any atom is 0.123 e. The number of aliphatic hydroxyl groups excluding tert-OH is 1. The van der Waals surface area contributed by atoms with Crippen LogP contribution in [-0.2, 0) is 13.0 Å². The predicted molar refractivity (Wildman–Crippen MR) is 138 cm³/mol. The number of benzene rings is 3. The molecule has 0 spiro atoms. The van der Waals surface area contributed by atoms with Crippen molar-refractivity contribution in [3.05, 3.63) is 89.5 Å². The van der Waals surface area contributed by atoms with Gasteiger partial charge in [0.1, 0.15) is 24.2 Å². The molecule has 1 aliphatic rings. The molecule has 0 fully saturated rings. The molecule has 0 radical (unpaired) electrons. The van der Waals surface area contributed by atoms with Crippen molar-refractivity contribution in [3.8, 4) is 11.5 Å². The molecule has 3 aromatic rings. The smallest absolute Gasteiger partial charge is 0.123 e. The summed E-state index contributed by atoms with van der Waals surface area (Å²) in [4.78, 5) is 2.31. The number of aliphatic hydroxyl groups is 1. The van der Waals surface area contributed by atoms with Gasteiger partial charge in [-0.1, -0.05) is 55.5 Å². The Kier molecular flexibility index (Phi) is 8.45. The van der Waals surface area contributed by atoms with E-state index in [0.29, 0.717) is 18.3 Å². The van der Waals surface area contributed by atoms with Crippen LogP contribution in [0.15, 0.2) is 72.8 Å². The third kappa shape index (κ3) is 6.52. The van der Waals surface area contributed by atoms with Crippen LogP contribution in [0.3, 0.4) is 0 Å². The number of rotatable bonds is 11. The lowest BCUT2D eigenvalue weighted by molar-refractivity contribution is 0.0655. The third-order valence-electron chi connectivity index (χ3n) is 6.30. The molecule has 0 saturated carbocycles. The average molecular weight is 461 g/mol. The Bertz CT molecular complexity index is 1050. The van der Waals surface area contributed by atoms with E-state index in [1.54, 1.807) is 7.11 Å². The number of hydrogen-bond donors (Lipinski definition) is 2. The number of para-hydroxylation sites is 1. The molecule has 2 unspecified atom stereocenters. The number of fused-ring (bicyclic) bond motifs is 1. The van der Waals surface area contributed by atoms with E-state index in [1.807, 2.05) is 24.3 Å². The first-order chi connectivity index (χ1) is 16.6. The molecule has 0 aromatic heterocycles. The first-order valence-corrected chi connectivity index (χ1v) is 12.2. The Morgan fingerprint density at radius 2 is 1.85 bits per heavy atom. The van der Waals surface area contributed by atoms with Crippen LogP contribution in [0.25, 0.3) is 0 Å². The van der Waals surface area contributed by atoms with E-state index >= 15 is 0 Å². The van der Waals surface area contributed by atoms with Gasteiger partial charge >= 0.3 is 0 Å². The Hall–Kier alpha value is -3.02. The highest BCUT2D eigenvalue weighted by Crippen LogP contribution is 2.32. The van der Waals surface area contributed by atoms with E-state index < -0.39 is 6.10 Å². The zero-order valence-corrected chi connectivity index (χ0v) is 20.2. The molecule has 0 bridgehead atoms. The topological polar surface area (TPSA) is 54.0 Å². The van der Waals surface area contributed by atoms with Gasteiger partial charge in [0, 0.05) is 24.8 Å². The Balaban J connectivity index is 1.35. The van der Waals surface area contributed by atoms with Crippen molar-refractivity contribution < 1.29 is 14.6 Å². The highest BCUT2D eigenvalue weighted by molar-refractivity contribution is 5.55. The number of aryl methyl sites for hydroxylation is 1. The summed E-state index contributed by atoms with van der Waals surface area (Å²) < 4.78 is 11.0. The van der Waals surface area contributed by atoms with Crippen molar-refractivity contribution in [2.45, 2.75) is 44.9 Å². The molecular weight excluding hydrogens is 424 g/mol. The second-order valence-electron chi connectivity index (χ2n) is 9.02. The number of nitrogens with one attached hydrogen (secondary N) is 1. The van der Waals surface area contributed by atoms with Gasteiger partial charge in [-0.25, -0.2) is 0 Å². The number of nitrogens with zero attached hydrogens (tertiary/aromatic N) is 1. The van der Waals surface area contributed by atoms with Gasteiger partial charge in [0.15, 0.2) is 0 Å². The summed E-state index contributed by atoms with van der Waals surface area (Å²) in [7, 11) is 1.63. The zero-order chi connectivity index (χ0) is 23.8. The quantitative estimate of drug-likeness (QED) is 0.399. The second-order valence-corrected chi connectivity index (χ2v) is 9.02. The van der Waals surface area contributed by atoms with Crippen molar-refractivity contribution in [3.63, 3.8) is 0 Å². The molecule has 180 valence electrons. The molecule has 5 heteroatoms. The van der Waals surface area contributed by atoms with Gasteiger partial charge in [-0.2, -0.15) is 0 Å². The van der Waals surface area contributed by atoms with E-state index in [1.165, 1.54) is 22.4 Å². The molecule has 0 aliphatic carbocycles. The maximum absolute atomic E-state index is 10.7. The highest BCUT2D eigenvalue weighted by atomic mass is 16.5. The fourth-order valence-electron chi connectivity index (χ4n) is 4.64. The van der Waals surface area contributed by atoms with Gasteiger partial charge in [0.2, 0.25) is 0 Å². The summed E-state index contributed by atoms with van der Waals surface area (Å²) >= 11 is 0. The molecule has 4 rings (SSSR count). The number of hydrogen-bond acceptors (Lipinski definition) is 5. The molecule has 1 heterocycles. The van der Waals surface area contributed by atoms with Crippen molar-refractivity contribution in [1.82, 2.24) is 4.90 Å². The van der Waals surface area contributed by atoms with Gasteiger partial charge in [-0.15, -0.1) is 0 Å². The van der Waals surface area contributed by atoms with Gasteiger partial charge in [-0.05, 0) is 60.7 Å². The average Bonchev–Trinajstić information content (AvgIpc) is 2.87. The van der Waals surface area contributed by atoms with Gasteiger partial charge in [0.05, 0.1) is 13.2 Å². The molecule has 0 saturated heterocycles. The van der Waals surface area contributed by atoms with Crippen molar-refractivity contribution in [2.75, 3.05) is 32.1 Å². The lowest BCUT2D eigenvalue weighted by atomic mass is 9.92. The summed E-state index contributed by atoms with van der Waals surface area (Å²) in [6.07, 6.45) is 2.65. The fourth-order valence-corrected chi connectivity index (χ4v) is 4.64. The van der Waals surface area contributed by atoms with Crippen LogP contribution in [0.2, 0.25) is 0 Å². The molecule has 5 nitrogen and oxygen atoms in total. The molecule has 34 heavy (non-hydrogen) atoms. The van der Waals surface area contributed by atoms with Crippen LogP contribution in [0.5, 0.6) is 11.5 Å². The van der Waals surface area contributed by atoms with E-state index in [-0.39, 0.29) is 6.61 Å². The third-order valence-corrected chi connectivity index (χ3v) is 6.30. The standard InChI is InChI=1S/C29H36N2O3/c1-3-16-31(20-25(32)21-34-27-12-7-11-26(18-27)33-2)19-22-8-6-10-24(17-22)29-15-14-23-9-4-5-13-28(23)30-29/h4-13,17-18,25,29-30,32H,3,14-16,19-21H2,1-2H3. The fraction of sp³-hybridized carbons (Fsp3) is 0.379. The maximum atomic E-state index is 10.7. The van der Waals surface area contributed by atoms with E-state index in [4.69, 9.17) is 9.47 Å². The van der Waals surface area contributed by atoms with Crippen molar-refractivity contribution >= 4 is 5.69 Å². The largest absolute Gasteiger partial charge is 0.497 e. The first-order valence-electron chi connectivity index (χ1n) is 12.2. The van der Waals surface area contributed by atoms with E-state index in [2.05, 4.69) is 65.7 Å². The Labute approximate surface area is 203 Å². The minimum Gasteiger partial charge on any atom is -0.497 e. The van der Waals surface area contributed by atoms with Gasteiger partial charge in [0.25, 0.3) is 0 Å². The van der Waals surface area contributed by atoms with Gasteiger partial charge < -0.3 is 19.9 Å². The zero-order valence-electron chi connectivity index (χ0n) is 20.2. The number of methoxy groups -OCH3 is 1. The van der Waals surface area contributed by atoms with Crippen molar-refractivity contribution in [2.24, 2.45) is 0 Å². The summed E-state index contributed by atoms with van der Waals surface area (Å²) in [5.41, 5.74) is 5.24. The van der Waals surface area contributed by atoms with E-state index in [0.717, 1.165) is 38.1 Å². The summed E-state index contributed by atoms with van der Waals surface area (Å²) in [5.74, 6) is 1.45. The predicted octanol–water partition coefficient (Wildman–Crippen LogP) is 5.45. The van der Waals surface area contributed by atoms with Gasteiger partial charge in [-0.3, -0.25) is 4.90 Å². The summed E-state index contributed by atoms with van der Waals surface area (Å²) in [6.45, 7) is 4.72. The van der Waals surface area contributed by atoms with Crippen LogP contribution in [0.1, 0.15) is 42.5 Å². The molecule has 3 aromatic carbocycles. The molecule has 2 N–H and O–H groups in total. The molecule has 2 atom stereocenters. The monoisotopic (exact) mass is 460 g/mol. The molecular formula is C29H36N2O3. The lowest BCUT2D eigenvalue weighted by Gasteiger charge is -2.28. The van der Waals surface area contributed by atoms with Crippen LogP contribution in [0, 0.1) is 0 Å². The minimum absolute atomic E-state index is 0.249. The summed E-state index contributed by atoms with van der Waals surface area (Å²) in [6, 6.07) is 25.3. The van der Waals surface area contributed by atoms with Crippen LogP contribution in [0.4, 0.5) is 5.69 Å². The molecule has 0 amide bonds. The SMILES string of the molecule is CCCN(Cc1cccc(C2CCc3ccccc3N2)c1)CC(O)COc1cccc(OC)c1.